The third-order valence-electron chi connectivity index (χ3n) is 6.63. The molecule has 1 saturated heterocycles. The van der Waals surface area contributed by atoms with Gasteiger partial charge < -0.3 is 20.5 Å². The van der Waals surface area contributed by atoms with E-state index in [4.69, 9.17) is 5.73 Å². The molecule has 0 aliphatic carbocycles. The number of nitrogens with zero attached hydrogens (tertiary/aromatic N) is 7. The van der Waals surface area contributed by atoms with Crippen molar-refractivity contribution in [1.82, 2.24) is 34.0 Å². The Morgan fingerprint density at radius 2 is 2.05 bits per heavy atom. The summed E-state index contributed by atoms with van der Waals surface area (Å²) in [6.45, 7) is 4.04. The average Bonchev–Trinajstić information content (AvgIpc) is 3.30. The predicted octanol–water partition coefficient (Wildman–Crippen LogP) is 3.20. The van der Waals surface area contributed by atoms with Crippen LogP contribution in [0.3, 0.4) is 0 Å². The number of halogens is 4. The van der Waals surface area contributed by atoms with Crippen LogP contribution in [0.15, 0.2) is 18.3 Å². The minimum Gasteiger partial charge on any atom is -0.382 e. The van der Waals surface area contributed by atoms with Crippen LogP contribution in [0.2, 0.25) is 0 Å². The molecule has 0 bridgehead atoms. The highest BCUT2D eigenvalue weighted by Crippen LogP contribution is 2.33. The highest BCUT2D eigenvalue weighted by molar-refractivity contribution is 5.89. The first-order chi connectivity index (χ1) is 17.4. The summed E-state index contributed by atoms with van der Waals surface area (Å²) < 4.78 is 59.1. The van der Waals surface area contributed by atoms with Crippen molar-refractivity contribution in [3.8, 4) is 11.3 Å². The molecule has 0 aromatic carbocycles. The molecule has 37 heavy (non-hydrogen) atoms. The summed E-state index contributed by atoms with van der Waals surface area (Å²) in [5, 5.41) is 7.19. The van der Waals surface area contributed by atoms with E-state index in [1.807, 2.05) is 0 Å². The lowest BCUT2D eigenvalue weighted by Crippen LogP contribution is -2.56. The van der Waals surface area contributed by atoms with E-state index < -0.39 is 30.5 Å². The maximum Gasteiger partial charge on any atom is 0.256 e. The zero-order valence-corrected chi connectivity index (χ0v) is 20.3. The topological polar surface area (TPSA) is 119 Å². The first kappa shape index (κ1) is 24.7. The van der Waals surface area contributed by atoms with Crippen LogP contribution in [-0.2, 0) is 11.3 Å². The van der Waals surface area contributed by atoms with Crippen LogP contribution in [0.25, 0.3) is 27.9 Å². The summed E-state index contributed by atoms with van der Waals surface area (Å²) in [5.74, 6) is -0.650. The van der Waals surface area contributed by atoms with Gasteiger partial charge in [0.1, 0.15) is 22.5 Å². The second-order valence-corrected chi connectivity index (χ2v) is 9.37. The van der Waals surface area contributed by atoms with E-state index in [0.717, 1.165) is 6.20 Å². The summed E-state index contributed by atoms with van der Waals surface area (Å²) in [4.78, 5) is 25.9. The normalized spacial score (nSPS) is 20.3. The van der Waals surface area contributed by atoms with Crippen LogP contribution < -0.4 is 11.1 Å². The van der Waals surface area contributed by atoms with Crippen molar-refractivity contribution in [2.75, 3.05) is 24.1 Å². The monoisotopic (exact) mass is 519 g/mol. The quantitative estimate of drug-likeness (QED) is 0.389. The van der Waals surface area contributed by atoms with E-state index in [-0.39, 0.29) is 46.6 Å². The van der Waals surface area contributed by atoms with Gasteiger partial charge in [0.05, 0.1) is 36.6 Å². The number of carbonyl (C=O) groups excluding carboxylic acids is 1. The second kappa shape index (κ2) is 8.85. The molecule has 1 aliphatic heterocycles. The van der Waals surface area contributed by atoms with Crippen LogP contribution in [0.4, 0.5) is 29.3 Å². The van der Waals surface area contributed by atoms with Gasteiger partial charge in [0.2, 0.25) is 11.9 Å². The van der Waals surface area contributed by atoms with Crippen LogP contribution in [-0.4, -0.2) is 71.2 Å². The molecule has 2 unspecified atom stereocenters. The van der Waals surface area contributed by atoms with Gasteiger partial charge in [-0.1, -0.05) is 0 Å². The molecule has 0 saturated carbocycles. The van der Waals surface area contributed by atoms with Crippen LogP contribution in [0.5, 0.6) is 0 Å². The van der Waals surface area contributed by atoms with E-state index >= 15 is 8.78 Å². The van der Waals surface area contributed by atoms with Crippen molar-refractivity contribution in [3.63, 3.8) is 0 Å². The Morgan fingerprint density at radius 3 is 2.73 bits per heavy atom. The van der Waals surface area contributed by atoms with Crippen molar-refractivity contribution in [3.05, 3.63) is 30.0 Å². The minimum atomic E-state index is -2.62. The number of pyridine rings is 1. The summed E-state index contributed by atoms with van der Waals surface area (Å²) >= 11 is 0. The van der Waals surface area contributed by atoms with Gasteiger partial charge in [0.15, 0.2) is 17.3 Å². The number of nitrogen functional groups attached to an aromatic ring is 1. The summed E-state index contributed by atoms with van der Waals surface area (Å²) in [6.07, 6.45) is -1.21. The Labute approximate surface area is 208 Å². The summed E-state index contributed by atoms with van der Waals surface area (Å²) in [6, 6.07) is 2.38. The van der Waals surface area contributed by atoms with Crippen molar-refractivity contribution in [2.24, 2.45) is 0 Å². The van der Waals surface area contributed by atoms with Crippen molar-refractivity contribution < 1.29 is 22.4 Å². The van der Waals surface area contributed by atoms with Gasteiger partial charge in [-0.2, -0.15) is 4.98 Å². The average molecular weight is 520 g/mol. The molecular formula is C23H25F4N9O. The molecule has 196 valence electrons. The largest absolute Gasteiger partial charge is 0.382 e. The number of fused-ring (bicyclic) bond motifs is 2. The van der Waals surface area contributed by atoms with E-state index in [0.29, 0.717) is 24.3 Å². The summed E-state index contributed by atoms with van der Waals surface area (Å²) in [5.41, 5.74) is 5.28. The van der Waals surface area contributed by atoms with Gasteiger partial charge in [0, 0.05) is 13.5 Å². The summed E-state index contributed by atoms with van der Waals surface area (Å²) in [7, 11) is 0. The van der Waals surface area contributed by atoms with Crippen LogP contribution in [0, 0.1) is 12.7 Å². The number of amides is 1. The number of carbonyl (C=O) groups is 1. The Kier molecular flexibility index (Phi) is 5.91. The standard InChI is InChI=1S/C23H25F4N9O/c1-11-29-15-5-4-14(30-21(15)35(11)9-17(25)26)18-13(24)8-36-19(18)20(28)32-22(33-36)31-16-6-7-34(12(2)37)10-23(16,3)27/h4-5,8,16-17H,6-7,9-10H2,1-3H3,(H3,28,31,32,33). The Morgan fingerprint density at radius 1 is 1.30 bits per heavy atom. The third-order valence-corrected chi connectivity index (χ3v) is 6.63. The fourth-order valence-electron chi connectivity index (χ4n) is 4.79. The number of hydrogen-bond donors (Lipinski definition) is 2. The number of piperidine rings is 1. The molecular weight excluding hydrogens is 494 g/mol. The van der Waals surface area contributed by atoms with E-state index in [1.165, 1.54) is 33.9 Å². The zero-order valence-electron chi connectivity index (χ0n) is 20.3. The highest BCUT2D eigenvalue weighted by Gasteiger charge is 2.41. The highest BCUT2D eigenvalue weighted by atomic mass is 19.3. The number of aromatic nitrogens is 6. The molecule has 14 heteroatoms. The first-order valence-electron chi connectivity index (χ1n) is 11.6. The number of likely N-dealkylation sites (tertiary alicyclic amines) is 1. The smallest absolute Gasteiger partial charge is 0.256 e. The van der Waals surface area contributed by atoms with Crippen molar-refractivity contribution >= 4 is 34.4 Å². The molecule has 2 atom stereocenters. The number of nitrogens with one attached hydrogen (secondary N) is 1. The van der Waals surface area contributed by atoms with Crippen LogP contribution >= 0.6 is 0 Å². The Balaban J connectivity index is 1.51. The van der Waals surface area contributed by atoms with Gasteiger partial charge in [-0.3, -0.25) is 4.79 Å². The fourth-order valence-corrected chi connectivity index (χ4v) is 4.79. The number of nitrogens with two attached hydrogens (primary N) is 1. The molecule has 0 spiro atoms. The lowest BCUT2D eigenvalue weighted by atomic mass is 9.91. The number of anilines is 2. The lowest BCUT2D eigenvalue weighted by Gasteiger charge is -2.41. The molecule has 4 aromatic rings. The molecule has 1 aliphatic rings. The van der Waals surface area contributed by atoms with Crippen molar-refractivity contribution in [1.29, 1.82) is 0 Å². The third kappa shape index (κ3) is 4.40. The van der Waals surface area contributed by atoms with Crippen LogP contribution in [0.1, 0.15) is 26.1 Å². The van der Waals surface area contributed by atoms with E-state index in [9.17, 15) is 13.6 Å². The maximum atomic E-state index is 15.3. The fraction of sp³-hybridized carbons (Fsp3) is 0.435. The van der Waals surface area contributed by atoms with Gasteiger partial charge in [-0.25, -0.2) is 32.0 Å². The molecule has 4 aromatic heterocycles. The zero-order chi connectivity index (χ0) is 26.6. The molecule has 5 rings (SSSR count). The molecule has 3 N–H and O–H groups in total. The molecule has 10 nitrogen and oxygen atoms in total. The number of aryl methyl sites for hydroxylation is 1. The maximum absolute atomic E-state index is 15.3. The number of imidazole rings is 1. The Hall–Kier alpha value is -3.97. The Bertz CT molecular complexity index is 1510. The van der Waals surface area contributed by atoms with Crippen molar-refractivity contribution in [2.45, 2.75) is 51.9 Å². The van der Waals surface area contributed by atoms with Gasteiger partial charge >= 0.3 is 0 Å². The SMILES string of the molecule is CC(=O)N1CCC(Nc2nc(N)c3c(-c4ccc5nc(C)n(CC(F)F)c5n4)c(F)cn3n2)C(C)(F)C1. The lowest BCUT2D eigenvalue weighted by molar-refractivity contribution is -0.132. The van der Waals surface area contributed by atoms with E-state index in [2.05, 4.69) is 25.4 Å². The molecule has 0 radical (unpaired) electrons. The molecule has 1 fully saturated rings. The minimum absolute atomic E-state index is 0.00139. The molecule has 5 heterocycles. The first-order valence-corrected chi connectivity index (χ1v) is 11.6. The number of rotatable bonds is 5. The molecule has 1 amide bonds. The van der Waals surface area contributed by atoms with Gasteiger partial charge in [0.25, 0.3) is 6.43 Å². The van der Waals surface area contributed by atoms with E-state index in [1.54, 1.807) is 13.0 Å². The van der Waals surface area contributed by atoms with Gasteiger partial charge in [-0.15, -0.1) is 5.10 Å². The number of alkyl halides is 3. The van der Waals surface area contributed by atoms with Gasteiger partial charge in [-0.05, 0) is 32.4 Å². The number of hydrogen-bond acceptors (Lipinski definition) is 7. The predicted molar refractivity (Wildman–Crippen MR) is 128 cm³/mol. The second-order valence-electron chi connectivity index (χ2n) is 9.37.